The molecular formula is C16H30O4. The molecule has 0 bridgehead atoms. The first-order valence-electron chi connectivity index (χ1n) is 7.55. The Kier molecular flexibility index (Phi) is 9.26. The molecule has 0 N–H and O–H groups in total. The number of rotatable bonds is 9. The molecule has 0 aliphatic carbocycles. The Morgan fingerprint density at radius 2 is 1.00 bits per heavy atom. The minimum absolute atomic E-state index is 0.0969. The number of carbonyl (C=O) groups is 2. The Hall–Kier alpha value is -1.06. The minimum Gasteiger partial charge on any atom is -0.465 e. The van der Waals surface area contributed by atoms with Gasteiger partial charge in [0.15, 0.2) is 0 Å². The van der Waals surface area contributed by atoms with Gasteiger partial charge in [0.25, 0.3) is 0 Å². The number of esters is 2. The summed E-state index contributed by atoms with van der Waals surface area (Å²) in [5, 5.41) is 0. The highest BCUT2D eigenvalue weighted by Gasteiger charge is 2.14. The fourth-order valence-electron chi connectivity index (χ4n) is 1.18. The van der Waals surface area contributed by atoms with Crippen LogP contribution in [0.5, 0.6) is 0 Å². The average Bonchev–Trinajstić information content (AvgIpc) is 2.39. The van der Waals surface area contributed by atoms with E-state index in [-0.39, 0.29) is 24.8 Å². The Morgan fingerprint density at radius 3 is 1.25 bits per heavy atom. The molecule has 0 aliphatic heterocycles. The van der Waals surface area contributed by atoms with Crippen molar-refractivity contribution in [2.24, 2.45) is 23.7 Å². The number of hydrogen-bond donors (Lipinski definition) is 0. The van der Waals surface area contributed by atoms with E-state index in [4.69, 9.17) is 9.47 Å². The molecule has 118 valence electrons. The van der Waals surface area contributed by atoms with Crippen LogP contribution in [0.25, 0.3) is 0 Å². The second-order valence-electron chi connectivity index (χ2n) is 6.31. The van der Waals surface area contributed by atoms with Crippen molar-refractivity contribution in [2.75, 3.05) is 13.2 Å². The van der Waals surface area contributed by atoms with Crippen molar-refractivity contribution in [1.82, 2.24) is 0 Å². The zero-order valence-electron chi connectivity index (χ0n) is 13.8. The molecule has 0 amide bonds. The van der Waals surface area contributed by atoms with E-state index in [0.717, 1.165) is 0 Å². The van der Waals surface area contributed by atoms with E-state index < -0.39 is 0 Å². The highest BCUT2D eigenvalue weighted by atomic mass is 16.5. The Bertz CT molecular complexity index is 267. The Labute approximate surface area is 123 Å². The van der Waals surface area contributed by atoms with Gasteiger partial charge in [0.05, 0.1) is 26.1 Å². The van der Waals surface area contributed by atoms with E-state index in [9.17, 15) is 9.59 Å². The molecule has 0 aliphatic rings. The monoisotopic (exact) mass is 286 g/mol. The predicted octanol–water partition coefficient (Wildman–Crippen LogP) is 3.44. The van der Waals surface area contributed by atoms with Crippen LogP contribution in [0.3, 0.4) is 0 Å². The summed E-state index contributed by atoms with van der Waals surface area (Å²) in [5.41, 5.74) is 0. The predicted molar refractivity (Wildman–Crippen MR) is 79.2 cm³/mol. The molecule has 4 nitrogen and oxygen atoms in total. The van der Waals surface area contributed by atoms with Gasteiger partial charge in [-0.2, -0.15) is 0 Å². The summed E-state index contributed by atoms with van der Waals surface area (Å²) in [6, 6.07) is 0. The third-order valence-corrected chi connectivity index (χ3v) is 3.82. The average molecular weight is 286 g/mol. The van der Waals surface area contributed by atoms with Crippen molar-refractivity contribution in [3.8, 4) is 0 Å². The molecule has 0 spiro atoms. The van der Waals surface area contributed by atoms with Crippen LogP contribution in [-0.2, 0) is 19.1 Å². The maximum Gasteiger partial charge on any atom is 0.306 e. The van der Waals surface area contributed by atoms with Gasteiger partial charge >= 0.3 is 11.9 Å². The fraction of sp³-hybridized carbons (Fsp3) is 0.875. The summed E-state index contributed by atoms with van der Waals surface area (Å²) in [4.78, 5) is 23.0. The van der Waals surface area contributed by atoms with Crippen molar-refractivity contribution in [1.29, 1.82) is 0 Å². The molecule has 0 saturated carbocycles. The summed E-state index contributed by atoms with van der Waals surface area (Å²) in [6.45, 7) is 13.3. The van der Waals surface area contributed by atoms with E-state index in [0.29, 0.717) is 36.9 Å². The van der Waals surface area contributed by atoms with Crippen LogP contribution >= 0.6 is 0 Å². The van der Waals surface area contributed by atoms with E-state index in [1.807, 2.05) is 13.8 Å². The van der Waals surface area contributed by atoms with E-state index in [1.165, 1.54) is 0 Å². The molecule has 0 heterocycles. The number of hydrogen-bond acceptors (Lipinski definition) is 4. The molecule has 0 aromatic rings. The molecule has 0 aromatic carbocycles. The van der Waals surface area contributed by atoms with Crippen LogP contribution < -0.4 is 0 Å². The SMILES string of the molecule is CC(C)C(C)COC(=O)CCC(=O)OCC(C)C(C)C. The molecule has 2 unspecified atom stereocenters. The first kappa shape index (κ1) is 18.9. The molecule has 0 radical (unpaired) electrons. The minimum atomic E-state index is -0.327. The van der Waals surface area contributed by atoms with E-state index in [2.05, 4.69) is 27.7 Å². The third-order valence-electron chi connectivity index (χ3n) is 3.82. The first-order valence-corrected chi connectivity index (χ1v) is 7.55. The Morgan fingerprint density at radius 1 is 0.700 bits per heavy atom. The lowest BCUT2D eigenvalue weighted by molar-refractivity contribution is -0.152. The smallest absolute Gasteiger partial charge is 0.306 e. The highest BCUT2D eigenvalue weighted by molar-refractivity contribution is 5.77. The van der Waals surface area contributed by atoms with Crippen molar-refractivity contribution in [3.05, 3.63) is 0 Å². The van der Waals surface area contributed by atoms with Crippen molar-refractivity contribution >= 4 is 11.9 Å². The zero-order valence-corrected chi connectivity index (χ0v) is 13.8. The maximum atomic E-state index is 11.5. The van der Waals surface area contributed by atoms with Crippen LogP contribution in [0.1, 0.15) is 54.4 Å². The molecule has 2 atom stereocenters. The maximum absolute atomic E-state index is 11.5. The van der Waals surface area contributed by atoms with Gasteiger partial charge in [-0.1, -0.05) is 41.5 Å². The summed E-state index contributed by atoms with van der Waals surface area (Å²) in [6.07, 6.45) is 0.194. The first-order chi connectivity index (χ1) is 9.23. The summed E-state index contributed by atoms with van der Waals surface area (Å²) in [5.74, 6) is 0.962. The number of carbonyl (C=O) groups excluding carboxylic acids is 2. The molecular weight excluding hydrogens is 256 g/mol. The Balaban J connectivity index is 3.76. The van der Waals surface area contributed by atoms with Gasteiger partial charge < -0.3 is 9.47 Å². The van der Waals surface area contributed by atoms with Gasteiger partial charge in [-0.05, 0) is 23.7 Å². The van der Waals surface area contributed by atoms with E-state index >= 15 is 0 Å². The molecule has 0 aromatic heterocycles. The second-order valence-corrected chi connectivity index (χ2v) is 6.31. The van der Waals surface area contributed by atoms with Crippen molar-refractivity contribution < 1.29 is 19.1 Å². The lowest BCUT2D eigenvalue weighted by Crippen LogP contribution is -2.18. The van der Waals surface area contributed by atoms with Gasteiger partial charge in [-0.15, -0.1) is 0 Å². The largest absolute Gasteiger partial charge is 0.465 e. The lowest BCUT2D eigenvalue weighted by Gasteiger charge is -2.16. The van der Waals surface area contributed by atoms with Crippen LogP contribution in [-0.4, -0.2) is 25.2 Å². The number of ether oxygens (including phenoxy) is 2. The summed E-state index contributed by atoms with van der Waals surface area (Å²) < 4.78 is 10.3. The molecule has 0 saturated heterocycles. The summed E-state index contributed by atoms with van der Waals surface area (Å²) >= 11 is 0. The quantitative estimate of drug-likeness (QED) is 0.609. The van der Waals surface area contributed by atoms with Crippen molar-refractivity contribution in [2.45, 2.75) is 54.4 Å². The zero-order chi connectivity index (χ0) is 15.7. The van der Waals surface area contributed by atoms with Crippen LogP contribution in [0.4, 0.5) is 0 Å². The standard InChI is InChI=1S/C16H30O4/c1-11(2)13(5)9-19-15(17)7-8-16(18)20-10-14(6)12(3)4/h11-14H,7-10H2,1-6H3. The van der Waals surface area contributed by atoms with Gasteiger partial charge in [0.1, 0.15) is 0 Å². The molecule has 20 heavy (non-hydrogen) atoms. The van der Waals surface area contributed by atoms with Gasteiger partial charge in [-0.25, -0.2) is 0 Å². The van der Waals surface area contributed by atoms with Crippen molar-refractivity contribution in [3.63, 3.8) is 0 Å². The van der Waals surface area contributed by atoms with Crippen LogP contribution in [0, 0.1) is 23.7 Å². The lowest BCUT2D eigenvalue weighted by atomic mass is 9.99. The second kappa shape index (κ2) is 9.78. The summed E-state index contributed by atoms with van der Waals surface area (Å²) in [7, 11) is 0. The topological polar surface area (TPSA) is 52.6 Å². The van der Waals surface area contributed by atoms with Crippen LogP contribution in [0.15, 0.2) is 0 Å². The third kappa shape index (κ3) is 8.94. The van der Waals surface area contributed by atoms with E-state index in [1.54, 1.807) is 0 Å². The molecule has 0 rings (SSSR count). The normalized spacial score (nSPS) is 14.2. The van der Waals surface area contributed by atoms with Gasteiger partial charge in [0.2, 0.25) is 0 Å². The molecule has 4 heteroatoms. The highest BCUT2D eigenvalue weighted by Crippen LogP contribution is 2.11. The fourth-order valence-corrected chi connectivity index (χ4v) is 1.18. The van der Waals surface area contributed by atoms with Gasteiger partial charge in [-0.3, -0.25) is 9.59 Å². The van der Waals surface area contributed by atoms with Crippen LogP contribution in [0.2, 0.25) is 0 Å². The molecule has 0 fully saturated rings. The van der Waals surface area contributed by atoms with Gasteiger partial charge in [0, 0.05) is 0 Å².